The molecule has 2 aliphatic rings. The summed E-state index contributed by atoms with van der Waals surface area (Å²) in [5.41, 5.74) is 3.15. The quantitative estimate of drug-likeness (QED) is 0.517. The number of ether oxygens (including phenoxy) is 2. The molecule has 0 atom stereocenters. The molecule has 3 aromatic rings. The van der Waals surface area contributed by atoms with Gasteiger partial charge in [-0.25, -0.2) is 8.78 Å². The number of nitrogens with one attached hydrogen (secondary N) is 2. The second kappa shape index (κ2) is 10.1. The van der Waals surface area contributed by atoms with Crippen LogP contribution in [0.1, 0.15) is 35.3 Å². The van der Waals surface area contributed by atoms with Gasteiger partial charge in [0, 0.05) is 48.1 Å². The van der Waals surface area contributed by atoms with Crippen LogP contribution in [0, 0.1) is 11.6 Å². The number of amides is 1. The molecule has 0 radical (unpaired) electrons. The Labute approximate surface area is 220 Å². The first-order chi connectivity index (χ1) is 18.2. The van der Waals surface area contributed by atoms with Gasteiger partial charge in [0.25, 0.3) is 5.91 Å². The summed E-state index contributed by atoms with van der Waals surface area (Å²) in [7, 11) is 2.62. The summed E-state index contributed by atoms with van der Waals surface area (Å²) in [6.07, 6.45) is 0. The fraction of sp³-hybridized carbons (Fsp3) is 0.310. The lowest BCUT2D eigenvalue weighted by atomic mass is 9.98. The van der Waals surface area contributed by atoms with Gasteiger partial charge in [-0.05, 0) is 55.3 Å². The maximum atomic E-state index is 15.0. The number of benzene rings is 3. The third kappa shape index (κ3) is 4.81. The molecule has 0 aliphatic carbocycles. The first-order valence-electron chi connectivity index (χ1n) is 12.4. The summed E-state index contributed by atoms with van der Waals surface area (Å²) < 4.78 is 40.1. The Bertz CT molecular complexity index is 1390. The zero-order valence-corrected chi connectivity index (χ0v) is 21.8. The predicted molar refractivity (Wildman–Crippen MR) is 143 cm³/mol. The van der Waals surface area contributed by atoms with Crippen LogP contribution < -0.4 is 25.0 Å². The molecular formula is C29H30F2N4O3. The normalized spacial score (nSPS) is 16.1. The van der Waals surface area contributed by atoms with Crippen LogP contribution in [0.3, 0.4) is 0 Å². The van der Waals surface area contributed by atoms with E-state index in [0.29, 0.717) is 22.5 Å². The third-order valence-corrected chi connectivity index (χ3v) is 6.93. The minimum atomic E-state index is -0.814. The molecule has 0 unspecified atom stereocenters. The molecule has 0 bridgehead atoms. The van der Waals surface area contributed by atoms with Gasteiger partial charge in [-0.1, -0.05) is 12.1 Å². The van der Waals surface area contributed by atoms with Crippen molar-refractivity contribution in [2.45, 2.75) is 25.9 Å². The monoisotopic (exact) mass is 520 g/mol. The Hall–Kier alpha value is -3.98. The molecule has 1 amide bonds. The molecule has 0 aromatic heterocycles. The molecule has 0 saturated carbocycles. The zero-order chi connectivity index (χ0) is 27.0. The van der Waals surface area contributed by atoms with Gasteiger partial charge in [-0.2, -0.15) is 0 Å². The number of piperazine rings is 1. The lowest BCUT2D eigenvalue weighted by Gasteiger charge is -2.40. The fourth-order valence-corrected chi connectivity index (χ4v) is 4.97. The molecule has 38 heavy (non-hydrogen) atoms. The van der Waals surface area contributed by atoms with E-state index in [1.165, 1.54) is 20.3 Å². The van der Waals surface area contributed by atoms with Crippen molar-refractivity contribution >= 4 is 17.4 Å². The van der Waals surface area contributed by atoms with Crippen molar-refractivity contribution in [2.75, 3.05) is 38.8 Å². The van der Waals surface area contributed by atoms with Gasteiger partial charge < -0.3 is 25.0 Å². The smallest absolute Gasteiger partial charge is 0.256 e. The summed E-state index contributed by atoms with van der Waals surface area (Å²) in [6.45, 7) is 7.31. The van der Waals surface area contributed by atoms with E-state index in [-0.39, 0.29) is 35.1 Å². The van der Waals surface area contributed by atoms with E-state index < -0.39 is 11.6 Å². The summed E-state index contributed by atoms with van der Waals surface area (Å²) in [5.74, 6) is -1.71. The standard InChI is InChI=1S/C29H30F2N4O3/c1-29(2)16-35(12-11-33-29)20-8-5-17(6-9-20)28(36)34-27-21-10-7-18(13-19(21)15-32-27)24-25(30)22(37-3)14-23(38-4)26(24)31/h5-10,13-14,33H,11-12,15-16H2,1-4H3,(H,32,34,36). The van der Waals surface area contributed by atoms with E-state index in [4.69, 9.17) is 9.47 Å². The molecule has 9 heteroatoms. The first-order valence-corrected chi connectivity index (χ1v) is 12.4. The van der Waals surface area contributed by atoms with Crippen molar-refractivity contribution < 1.29 is 23.0 Å². The summed E-state index contributed by atoms with van der Waals surface area (Å²) in [5, 5.41) is 6.38. The number of methoxy groups -OCH3 is 2. The highest BCUT2D eigenvalue weighted by molar-refractivity contribution is 6.14. The Kier molecular flexibility index (Phi) is 6.79. The number of hydrogen-bond donors (Lipinski definition) is 2. The SMILES string of the molecule is COc1cc(OC)c(F)c(-c2ccc3c(c2)CN=C3NC(=O)c2ccc(N3CCNC(C)(C)C3)cc2)c1F. The van der Waals surface area contributed by atoms with Gasteiger partial charge in [0.15, 0.2) is 23.1 Å². The second-order valence-corrected chi connectivity index (χ2v) is 10.1. The number of aliphatic imine (C=N–C) groups is 1. The maximum Gasteiger partial charge on any atom is 0.256 e. The summed E-state index contributed by atoms with van der Waals surface area (Å²) in [4.78, 5) is 19.7. The number of anilines is 1. The van der Waals surface area contributed by atoms with Crippen LogP contribution >= 0.6 is 0 Å². The van der Waals surface area contributed by atoms with E-state index in [0.717, 1.165) is 30.9 Å². The van der Waals surface area contributed by atoms with Crippen LogP contribution in [-0.4, -0.2) is 51.1 Å². The molecule has 1 saturated heterocycles. The van der Waals surface area contributed by atoms with Gasteiger partial charge in [-0.3, -0.25) is 9.79 Å². The molecular weight excluding hydrogens is 490 g/mol. The van der Waals surface area contributed by atoms with E-state index in [1.54, 1.807) is 30.3 Å². The molecule has 2 N–H and O–H groups in total. The average molecular weight is 521 g/mol. The highest BCUT2D eigenvalue weighted by Gasteiger charge is 2.27. The van der Waals surface area contributed by atoms with Crippen LogP contribution in [-0.2, 0) is 6.54 Å². The van der Waals surface area contributed by atoms with Crippen molar-refractivity contribution in [2.24, 2.45) is 4.99 Å². The van der Waals surface area contributed by atoms with Crippen molar-refractivity contribution in [1.82, 2.24) is 10.6 Å². The largest absolute Gasteiger partial charge is 0.494 e. The summed E-state index contributed by atoms with van der Waals surface area (Å²) >= 11 is 0. The molecule has 5 rings (SSSR count). The number of fused-ring (bicyclic) bond motifs is 1. The molecule has 0 spiro atoms. The first kappa shape index (κ1) is 25.7. The van der Waals surface area contributed by atoms with Crippen LogP contribution in [0.4, 0.5) is 14.5 Å². The minimum absolute atomic E-state index is 0.0261. The average Bonchev–Trinajstić information content (AvgIpc) is 3.30. The molecule has 2 aliphatic heterocycles. The molecule has 2 heterocycles. The predicted octanol–water partition coefficient (Wildman–Crippen LogP) is 4.53. The highest BCUT2D eigenvalue weighted by atomic mass is 19.1. The fourth-order valence-electron chi connectivity index (χ4n) is 4.97. The van der Waals surface area contributed by atoms with Crippen molar-refractivity contribution in [3.63, 3.8) is 0 Å². The Balaban J connectivity index is 1.33. The number of amidine groups is 1. The number of carbonyl (C=O) groups is 1. The third-order valence-electron chi connectivity index (χ3n) is 6.93. The van der Waals surface area contributed by atoms with Gasteiger partial charge in [-0.15, -0.1) is 0 Å². The maximum absolute atomic E-state index is 15.0. The van der Waals surface area contributed by atoms with Crippen molar-refractivity contribution in [1.29, 1.82) is 0 Å². The van der Waals surface area contributed by atoms with Crippen LogP contribution in [0.25, 0.3) is 11.1 Å². The van der Waals surface area contributed by atoms with Crippen molar-refractivity contribution in [3.05, 3.63) is 76.9 Å². The zero-order valence-electron chi connectivity index (χ0n) is 21.8. The number of rotatable bonds is 5. The Morgan fingerprint density at radius 2 is 1.71 bits per heavy atom. The van der Waals surface area contributed by atoms with Crippen LogP contribution in [0.15, 0.2) is 53.5 Å². The molecule has 7 nitrogen and oxygen atoms in total. The van der Waals surface area contributed by atoms with E-state index in [9.17, 15) is 13.6 Å². The Morgan fingerprint density at radius 3 is 2.34 bits per heavy atom. The molecule has 198 valence electrons. The van der Waals surface area contributed by atoms with E-state index >= 15 is 0 Å². The number of carbonyl (C=O) groups excluding carboxylic acids is 1. The van der Waals surface area contributed by atoms with Crippen LogP contribution in [0.5, 0.6) is 11.5 Å². The van der Waals surface area contributed by atoms with Gasteiger partial charge in [0.2, 0.25) is 0 Å². The van der Waals surface area contributed by atoms with Gasteiger partial charge >= 0.3 is 0 Å². The minimum Gasteiger partial charge on any atom is -0.494 e. The lowest BCUT2D eigenvalue weighted by molar-refractivity contribution is 0.0977. The van der Waals surface area contributed by atoms with Crippen molar-refractivity contribution in [3.8, 4) is 22.6 Å². The molecule has 3 aromatic carbocycles. The van der Waals surface area contributed by atoms with E-state index in [2.05, 4.69) is 34.4 Å². The molecule has 1 fully saturated rings. The topological polar surface area (TPSA) is 75.2 Å². The summed E-state index contributed by atoms with van der Waals surface area (Å²) in [6, 6.07) is 13.7. The highest BCUT2D eigenvalue weighted by Crippen LogP contribution is 2.38. The number of halogens is 2. The van der Waals surface area contributed by atoms with E-state index in [1.807, 2.05) is 12.1 Å². The van der Waals surface area contributed by atoms with Crippen LogP contribution in [0.2, 0.25) is 0 Å². The number of nitrogens with zero attached hydrogens (tertiary/aromatic N) is 2. The van der Waals surface area contributed by atoms with Gasteiger partial charge in [0.1, 0.15) is 5.84 Å². The Morgan fingerprint density at radius 1 is 1.03 bits per heavy atom. The lowest BCUT2D eigenvalue weighted by Crippen LogP contribution is -2.57. The number of hydrogen-bond acceptors (Lipinski definition) is 6. The van der Waals surface area contributed by atoms with Gasteiger partial charge in [0.05, 0.1) is 26.3 Å². The second-order valence-electron chi connectivity index (χ2n) is 10.1.